The van der Waals surface area contributed by atoms with Gasteiger partial charge in [0.25, 0.3) is 11.6 Å². The first-order valence-electron chi connectivity index (χ1n) is 7.96. The molecule has 0 aliphatic heterocycles. The van der Waals surface area contributed by atoms with E-state index >= 15 is 0 Å². The van der Waals surface area contributed by atoms with Crippen molar-refractivity contribution < 1.29 is 19.2 Å². The van der Waals surface area contributed by atoms with Crippen LogP contribution in [0.3, 0.4) is 0 Å². The number of rotatable bonds is 9. The lowest BCUT2D eigenvalue weighted by Gasteiger charge is -2.11. The van der Waals surface area contributed by atoms with Crippen molar-refractivity contribution in [2.24, 2.45) is 0 Å². The summed E-state index contributed by atoms with van der Waals surface area (Å²) in [5, 5.41) is 17.0. The van der Waals surface area contributed by atoms with Gasteiger partial charge in [-0.3, -0.25) is 14.9 Å². The Balaban J connectivity index is 2.21. The second kappa shape index (κ2) is 9.50. The Morgan fingerprint density at radius 3 is 2.58 bits per heavy atom. The first-order chi connectivity index (χ1) is 12.6. The molecule has 0 fully saturated rings. The molecule has 0 heterocycles. The lowest BCUT2D eigenvalue weighted by molar-refractivity contribution is -0.384. The van der Waals surface area contributed by atoms with Crippen LogP contribution in [0.1, 0.15) is 15.9 Å². The minimum atomic E-state index is -0.523. The number of ether oxygens (including phenoxy) is 2. The Morgan fingerprint density at radius 1 is 1.12 bits per heavy atom. The van der Waals surface area contributed by atoms with Crippen molar-refractivity contribution in [2.45, 2.75) is 6.61 Å². The summed E-state index contributed by atoms with van der Waals surface area (Å²) in [4.78, 5) is 23.3. The molecule has 0 aliphatic carbocycles. The minimum Gasteiger partial charge on any atom is -0.383 e. The van der Waals surface area contributed by atoms with Gasteiger partial charge in [0.1, 0.15) is 5.69 Å². The molecule has 8 heteroatoms. The van der Waals surface area contributed by atoms with Gasteiger partial charge in [-0.05, 0) is 18.2 Å². The van der Waals surface area contributed by atoms with Gasteiger partial charge in [-0.15, -0.1) is 0 Å². The van der Waals surface area contributed by atoms with E-state index in [4.69, 9.17) is 9.47 Å². The highest BCUT2D eigenvalue weighted by molar-refractivity contribution is 6.05. The molecule has 0 spiro atoms. The maximum absolute atomic E-state index is 12.5. The molecule has 8 nitrogen and oxygen atoms in total. The zero-order valence-corrected chi connectivity index (χ0v) is 14.7. The number of nitrogens with zero attached hydrogens (tertiary/aromatic N) is 1. The number of nitro groups is 1. The summed E-state index contributed by atoms with van der Waals surface area (Å²) in [6.45, 7) is 1.18. The minimum absolute atomic E-state index is 0.168. The number of amides is 1. The largest absolute Gasteiger partial charge is 0.383 e. The summed E-state index contributed by atoms with van der Waals surface area (Å²) < 4.78 is 10.0. The van der Waals surface area contributed by atoms with Crippen LogP contribution in [0.5, 0.6) is 0 Å². The number of nitro benzene ring substituents is 1. The van der Waals surface area contributed by atoms with Gasteiger partial charge in [0.05, 0.1) is 18.1 Å². The first kappa shape index (κ1) is 19.4. The average Bonchev–Trinajstić information content (AvgIpc) is 2.63. The van der Waals surface area contributed by atoms with Crippen molar-refractivity contribution in [3.63, 3.8) is 0 Å². The van der Waals surface area contributed by atoms with Gasteiger partial charge in [-0.1, -0.05) is 18.2 Å². The second-order valence-corrected chi connectivity index (χ2v) is 5.45. The van der Waals surface area contributed by atoms with Crippen LogP contribution >= 0.6 is 0 Å². The third-order valence-corrected chi connectivity index (χ3v) is 3.64. The fourth-order valence-corrected chi connectivity index (χ4v) is 2.38. The third kappa shape index (κ3) is 5.01. The molecule has 0 aromatic heterocycles. The highest BCUT2D eigenvalue weighted by atomic mass is 16.6. The van der Waals surface area contributed by atoms with E-state index in [2.05, 4.69) is 10.6 Å². The quantitative estimate of drug-likeness (QED) is 0.405. The van der Waals surface area contributed by atoms with Gasteiger partial charge in [0, 0.05) is 43.6 Å². The van der Waals surface area contributed by atoms with Crippen LogP contribution in [0.25, 0.3) is 0 Å². The Morgan fingerprint density at radius 2 is 1.88 bits per heavy atom. The molecule has 0 atom stereocenters. The standard InChI is InChI=1S/C18H21N3O5/c1-25-10-9-19-16-8-7-13(11-17(16)21(23)24)18(22)20-15-6-4-3-5-14(15)12-26-2/h3-8,11,19H,9-10,12H2,1-2H3,(H,20,22). The van der Waals surface area contributed by atoms with Crippen molar-refractivity contribution >= 4 is 23.0 Å². The van der Waals surface area contributed by atoms with Crippen molar-refractivity contribution in [3.8, 4) is 0 Å². The van der Waals surface area contributed by atoms with E-state index in [1.165, 1.54) is 18.2 Å². The smallest absolute Gasteiger partial charge is 0.293 e. The Labute approximate surface area is 151 Å². The molecule has 0 bridgehead atoms. The number of benzene rings is 2. The molecule has 2 aromatic rings. The van der Waals surface area contributed by atoms with Gasteiger partial charge >= 0.3 is 0 Å². The Bertz CT molecular complexity index is 779. The van der Waals surface area contributed by atoms with E-state index < -0.39 is 10.8 Å². The van der Waals surface area contributed by atoms with E-state index in [1.54, 1.807) is 26.4 Å². The number of hydrogen-bond acceptors (Lipinski definition) is 6. The predicted molar refractivity (Wildman–Crippen MR) is 98.6 cm³/mol. The van der Waals surface area contributed by atoms with Gasteiger partial charge in [-0.2, -0.15) is 0 Å². The summed E-state index contributed by atoms with van der Waals surface area (Å²) in [6.07, 6.45) is 0. The molecule has 2 N–H and O–H groups in total. The molecule has 138 valence electrons. The Kier molecular flexibility index (Phi) is 7.07. The summed E-state index contributed by atoms with van der Waals surface area (Å²) in [6, 6.07) is 11.5. The topological polar surface area (TPSA) is 103 Å². The summed E-state index contributed by atoms with van der Waals surface area (Å²) >= 11 is 0. The predicted octanol–water partition coefficient (Wildman–Crippen LogP) is 3.05. The highest BCUT2D eigenvalue weighted by Gasteiger charge is 2.18. The van der Waals surface area contributed by atoms with Crippen molar-refractivity contribution in [2.75, 3.05) is 38.0 Å². The zero-order chi connectivity index (χ0) is 18.9. The second-order valence-electron chi connectivity index (χ2n) is 5.45. The molecule has 26 heavy (non-hydrogen) atoms. The molecule has 0 unspecified atom stereocenters. The van der Waals surface area contributed by atoms with E-state index in [-0.39, 0.29) is 11.3 Å². The maximum atomic E-state index is 12.5. The van der Waals surface area contributed by atoms with Crippen LogP contribution in [0.2, 0.25) is 0 Å². The number of carbonyl (C=O) groups is 1. The molecule has 0 aliphatic rings. The van der Waals surface area contributed by atoms with Crippen LogP contribution < -0.4 is 10.6 Å². The molecule has 0 saturated heterocycles. The van der Waals surface area contributed by atoms with E-state index in [0.29, 0.717) is 31.1 Å². The van der Waals surface area contributed by atoms with E-state index in [9.17, 15) is 14.9 Å². The lowest BCUT2D eigenvalue weighted by atomic mass is 10.1. The molecular formula is C18H21N3O5. The van der Waals surface area contributed by atoms with Crippen LogP contribution in [-0.4, -0.2) is 38.2 Å². The van der Waals surface area contributed by atoms with Crippen LogP contribution in [-0.2, 0) is 16.1 Å². The highest BCUT2D eigenvalue weighted by Crippen LogP contribution is 2.26. The van der Waals surface area contributed by atoms with Crippen LogP contribution in [0, 0.1) is 10.1 Å². The fourth-order valence-electron chi connectivity index (χ4n) is 2.38. The average molecular weight is 359 g/mol. The van der Waals surface area contributed by atoms with Crippen molar-refractivity contribution in [1.29, 1.82) is 0 Å². The van der Waals surface area contributed by atoms with Crippen LogP contribution in [0.4, 0.5) is 17.1 Å². The molecule has 0 radical (unpaired) electrons. The summed E-state index contributed by atoms with van der Waals surface area (Å²) in [5.41, 5.74) is 1.78. The number of para-hydroxylation sites is 1. The molecule has 1 amide bonds. The third-order valence-electron chi connectivity index (χ3n) is 3.64. The lowest BCUT2D eigenvalue weighted by Crippen LogP contribution is -2.15. The SMILES string of the molecule is COCCNc1ccc(C(=O)Nc2ccccc2COC)cc1[N+](=O)[O-]. The first-order valence-corrected chi connectivity index (χ1v) is 7.96. The fraction of sp³-hybridized carbons (Fsp3) is 0.278. The monoisotopic (exact) mass is 359 g/mol. The summed E-state index contributed by atoms with van der Waals surface area (Å²) in [5.74, 6) is -0.430. The van der Waals surface area contributed by atoms with Gasteiger partial charge in [0.2, 0.25) is 0 Å². The molecule has 0 saturated carbocycles. The van der Waals surface area contributed by atoms with Crippen molar-refractivity contribution in [1.82, 2.24) is 0 Å². The van der Waals surface area contributed by atoms with E-state index in [1.807, 2.05) is 12.1 Å². The number of hydrogen-bond donors (Lipinski definition) is 2. The molecular weight excluding hydrogens is 338 g/mol. The summed E-state index contributed by atoms with van der Waals surface area (Å²) in [7, 11) is 3.11. The van der Waals surface area contributed by atoms with Crippen molar-refractivity contribution in [3.05, 3.63) is 63.7 Å². The normalized spacial score (nSPS) is 10.4. The van der Waals surface area contributed by atoms with Crippen LogP contribution in [0.15, 0.2) is 42.5 Å². The van der Waals surface area contributed by atoms with Gasteiger partial charge in [-0.25, -0.2) is 0 Å². The van der Waals surface area contributed by atoms with Gasteiger partial charge in [0.15, 0.2) is 0 Å². The number of methoxy groups -OCH3 is 2. The number of carbonyl (C=O) groups excluding carboxylic acids is 1. The van der Waals surface area contributed by atoms with Gasteiger partial charge < -0.3 is 20.1 Å². The maximum Gasteiger partial charge on any atom is 0.293 e. The zero-order valence-electron chi connectivity index (χ0n) is 14.7. The van der Waals surface area contributed by atoms with E-state index in [0.717, 1.165) is 5.56 Å². The Hall–Kier alpha value is -2.97. The number of nitrogens with one attached hydrogen (secondary N) is 2. The molecule has 2 aromatic carbocycles. The number of anilines is 2. The molecule has 2 rings (SSSR count).